The molecule has 1 atom stereocenters. The second kappa shape index (κ2) is 11.3. The van der Waals surface area contributed by atoms with E-state index in [4.69, 9.17) is 25.4 Å². The normalized spacial score (nSPS) is 11.6. The second-order valence-corrected chi connectivity index (χ2v) is 8.97. The van der Waals surface area contributed by atoms with E-state index in [9.17, 15) is 14.7 Å². The second-order valence-electron chi connectivity index (χ2n) is 8.97. The Hall–Kier alpha value is -5.20. The maximum absolute atomic E-state index is 12.6. The van der Waals surface area contributed by atoms with E-state index >= 15 is 0 Å². The van der Waals surface area contributed by atoms with Crippen LogP contribution in [0, 0.1) is 12.3 Å². The van der Waals surface area contributed by atoms with Crippen LogP contribution in [0.25, 0.3) is 11.2 Å². The average molecular weight is 548 g/mol. The summed E-state index contributed by atoms with van der Waals surface area (Å²) in [5.41, 5.74) is 6.73. The van der Waals surface area contributed by atoms with Crippen LogP contribution < -0.4 is 15.2 Å². The van der Waals surface area contributed by atoms with Crippen molar-refractivity contribution in [2.75, 3.05) is 20.7 Å². The SMILES string of the molecule is CCOC(=O)C(C)n1c(C)nc2c(Oc3cccc(C(=O)N(C)C)c3)nc(Oc3cc(C(=N)N)ccc3O)nc21. The number of aromatic hydroxyl groups is 1. The van der Waals surface area contributed by atoms with Crippen molar-refractivity contribution >= 4 is 28.9 Å². The summed E-state index contributed by atoms with van der Waals surface area (Å²) in [5, 5.41) is 18.0. The number of hydrogen-bond donors (Lipinski definition) is 3. The number of amides is 1. The summed E-state index contributed by atoms with van der Waals surface area (Å²) in [6.07, 6.45) is 0. The molecule has 0 aliphatic heterocycles. The van der Waals surface area contributed by atoms with Crippen LogP contribution >= 0.6 is 0 Å². The Bertz CT molecular complexity index is 1610. The molecule has 0 fully saturated rings. The van der Waals surface area contributed by atoms with Gasteiger partial charge in [0.05, 0.1) is 6.61 Å². The summed E-state index contributed by atoms with van der Waals surface area (Å²) in [6, 6.07) is 9.65. The Labute approximate surface area is 229 Å². The lowest BCUT2D eigenvalue weighted by molar-refractivity contribution is -0.146. The highest BCUT2D eigenvalue weighted by molar-refractivity contribution is 5.95. The molecule has 2 heterocycles. The molecule has 4 aromatic rings. The van der Waals surface area contributed by atoms with E-state index in [1.807, 2.05) is 0 Å². The van der Waals surface area contributed by atoms with Crippen molar-refractivity contribution in [3.05, 3.63) is 59.4 Å². The summed E-state index contributed by atoms with van der Waals surface area (Å²) in [5.74, 6) is -0.519. The topological polar surface area (TPSA) is 179 Å². The lowest BCUT2D eigenvalue weighted by Gasteiger charge is -2.15. The van der Waals surface area contributed by atoms with Crippen LogP contribution in [0.3, 0.4) is 0 Å². The zero-order valence-electron chi connectivity index (χ0n) is 22.6. The van der Waals surface area contributed by atoms with Crippen LogP contribution in [-0.4, -0.2) is 67.9 Å². The predicted molar refractivity (Wildman–Crippen MR) is 145 cm³/mol. The molecule has 0 aliphatic rings. The molecule has 2 aromatic heterocycles. The number of aromatic nitrogens is 4. The predicted octanol–water partition coefficient (Wildman–Crippen LogP) is 3.53. The number of hydrogen-bond acceptors (Lipinski definition) is 10. The third kappa shape index (κ3) is 5.62. The summed E-state index contributed by atoms with van der Waals surface area (Å²) in [4.78, 5) is 39.9. The zero-order chi connectivity index (χ0) is 29.1. The number of phenols is 1. The highest BCUT2D eigenvalue weighted by Crippen LogP contribution is 2.35. The van der Waals surface area contributed by atoms with Crippen molar-refractivity contribution in [1.29, 1.82) is 5.41 Å². The number of carbonyl (C=O) groups excluding carboxylic acids is 2. The van der Waals surface area contributed by atoms with E-state index in [2.05, 4.69) is 15.0 Å². The Morgan fingerprint density at radius 2 is 1.85 bits per heavy atom. The van der Waals surface area contributed by atoms with Gasteiger partial charge in [0, 0.05) is 25.2 Å². The Morgan fingerprint density at radius 1 is 1.10 bits per heavy atom. The van der Waals surface area contributed by atoms with E-state index in [1.165, 1.54) is 23.1 Å². The first kappa shape index (κ1) is 27.8. The van der Waals surface area contributed by atoms with Crippen LogP contribution in [-0.2, 0) is 9.53 Å². The van der Waals surface area contributed by atoms with E-state index in [1.54, 1.807) is 63.7 Å². The van der Waals surface area contributed by atoms with Gasteiger partial charge in [0.25, 0.3) is 11.8 Å². The first-order valence-corrected chi connectivity index (χ1v) is 12.3. The minimum absolute atomic E-state index is 0.0189. The Kier molecular flexibility index (Phi) is 7.84. The van der Waals surface area contributed by atoms with Crippen LogP contribution in [0.15, 0.2) is 42.5 Å². The molecule has 208 valence electrons. The maximum Gasteiger partial charge on any atom is 0.328 e. The van der Waals surface area contributed by atoms with Crippen molar-refractivity contribution in [2.45, 2.75) is 26.8 Å². The molecule has 40 heavy (non-hydrogen) atoms. The van der Waals surface area contributed by atoms with E-state index in [-0.39, 0.29) is 52.9 Å². The van der Waals surface area contributed by atoms with E-state index in [0.29, 0.717) is 22.7 Å². The highest BCUT2D eigenvalue weighted by Gasteiger charge is 2.26. The lowest BCUT2D eigenvalue weighted by Crippen LogP contribution is -2.21. The number of amidine groups is 1. The van der Waals surface area contributed by atoms with Gasteiger partial charge < -0.3 is 30.0 Å². The van der Waals surface area contributed by atoms with Crippen LogP contribution in [0.5, 0.6) is 29.1 Å². The average Bonchev–Trinajstić information content (AvgIpc) is 3.25. The number of nitrogen functional groups attached to an aromatic ring is 1. The van der Waals surface area contributed by atoms with Crippen LogP contribution in [0.2, 0.25) is 0 Å². The molecule has 0 radical (unpaired) electrons. The molecule has 4 N–H and O–H groups in total. The van der Waals surface area contributed by atoms with Gasteiger partial charge in [-0.2, -0.15) is 9.97 Å². The van der Waals surface area contributed by atoms with Gasteiger partial charge in [-0.05, 0) is 57.2 Å². The van der Waals surface area contributed by atoms with Crippen molar-refractivity contribution in [1.82, 2.24) is 24.4 Å². The largest absolute Gasteiger partial charge is 0.504 e. The third-order valence-electron chi connectivity index (χ3n) is 5.85. The number of fused-ring (bicyclic) bond motifs is 1. The van der Waals surface area contributed by atoms with Crippen LogP contribution in [0.4, 0.5) is 0 Å². The number of aryl methyl sites for hydroxylation is 1. The van der Waals surface area contributed by atoms with Gasteiger partial charge in [-0.3, -0.25) is 14.8 Å². The van der Waals surface area contributed by atoms with Crippen molar-refractivity contribution in [2.24, 2.45) is 5.73 Å². The summed E-state index contributed by atoms with van der Waals surface area (Å²) in [7, 11) is 3.29. The van der Waals surface area contributed by atoms with Gasteiger partial charge in [-0.1, -0.05) is 6.07 Å². The monoisotopic (exact) mass is 547 g/mol. The van der Waals surface area contributed by atoms with Gasteiger partial charge in [0.1, 0.15) is 23.5 Å². The molecular formula is C27H29N7O6. The molecule has 0 saturated carbocycles. The molecule has 0 bridgehead atoms. The summed E-state index contributed by atoms with van der Waals surface area (Å²) in [6.45, 7) is 5.24. The maximum atomic E-state index is 12.6. The van der Waals surface area contributed by atoms with Gasteiger partial charge >= 0.3 is 12.0 Å². The summed E-state index contributed by atoms with van der Waals surface area (Å²) < 4.78 is 18.6. The number of rotatable bonds is 9. The third-order valence-corrected chi connectivity index (χ3v) is 5.85. The fourth-order valence-corrected chi connectivity index (χ4v) is 3.91. The molecule has 2 aromatic carbocycles. The molecule has 13 heteroatoms. The fourth-order valence-electron chi connectivity index (χ4n) is 3.91. The van der Waals surface area contributed by atoms with Crippen molar-refractivity contribution < 1.29 is 28.9 Å². The number of phenolic OH excluding ortho intramolecular Hbond substituents is 1. The number of imidazole rings is 1. The minimum Gasteiger partial charge on any atom is -0.504 e. The molecule has 1 unspecified atom stereocenters. The molecular weight excluding hydrogens is 518 g/mol. The van der Waals surface area contributed by atoms with Gasteiger partial charge in [-0.15, -0.1) is 0 Å². The molecule has 0 aliphatic carbocycles. The minimum atomic E-state index is -0.795. The molecule has 0 saturated heterocycles. The first-order valence-electron chi connectivity index (χ1n) is 12.3. The van der Waals surface area contributed by atoms with Crippen LogP contribution in [0.1, 0.15) is 41.6 Å². The van der Waals surface area contributed by atoms with Gasteiger partial charge in [0.15, 0.2) is 22.7 Å². The Morgan fingerprint density at radius 3 is 2.52 bits per heavy atom. The number of esters is 1. The highest BCUT2D eigenvalue weighted by atomic mass is 16.5. The fraction of sp³-hybridized carbons (Fsp3) is 0.259. The number of nitrogens with two attached hydrogens (primary N) is 1. The zero-order valence-corrected chi connectivity index (χ0v) is 22.6. The van der Waals surface area contributed by atoms with E-state index in [0.717, 1.165) is 0 Å². The number of benzene rings is 2. The smallest absolute Gasteiger partial charge is 0.328 e. The summed E-state index contributed by atoms with van der Waals surface area (Å²) >= 11 is 0. The van der Waals surface area contributed by atoms with Crippen molar-refractivity contribution in [3.63, 3.8) is 0 Å². The van der Waals surface area contributed by atoms with Gasteiger partial charge in [-0.25, -0.2) is 9.78 Å². The lowest BCUT2D eigenvalue weighted by atomic mass is 10.2. The number of ether oxygens (including phenoxy) is 3. The number of nitrogens with one attached hydrogen (secondary N) is 1. The standard InChI is InChI=1S/C27H29N7O6/c1-6-38-26(37)14(2)34-15(3)30-21-23(34)31-27(40-20-13-16(22(28)29)10-11-19(20)35)32-24(21)39-18-9-7-8-17(12-18)25(36)33(4)5/h7-14,35H,6H2,1-5H3,(H3,28,29). The molecule has 13 nitrogen and oxygen atoms in total. The Balaban J connectivity index is 1.86. The molecule has 0 spiro atoms. The van der Waals surface area contributed by atoms with E-state index < -0.39 is 12.0 Å². The van der Waals surface area contributed by atoms with Gasteiger partial charge in [0.2, 0.25) is 0 Å². The van der Waals surface area contributed by atoms with Crippen molar-refractivity contribution in [3.8, 4) is 29.1 Å². The molecule has 4 rings (SSSR count). The molecule has 1 amide bonds. The number of carbonyl (C=O) groups is 2. The quantitative estimate of drug-likeness (QED) is 0.159. The number of nitrogens with zero attached hydrogens (tertiary/aromatic N) is 5. The first-order chi connectivity index (χ1) is 19.0.